The molecule has 3 N–H and O–H groups in total. The highest BCUT2D eigenvalue weighted by Gasteiger charge is 2.13. The molecule has 74 valence electrons. The van der Waals surface area contributed by atoms with Gasteiger partial charge in [-0.05, 0) is 6.42 Å². The molecular weight excluding hydrogens is 174 g/mol. The Labute approximate surface area is 76.2 Å². The molecule has 5 heteroatoms. The number of rotatable bonds is 6. The number of hydrogen-bond acceptors (Lipinski definition) is 4. The number of esters is 1. The Balaban J connectivity index is 3.57. The number of carbonyl (C=O) groups is 2. The molecule has 0 aliphatic carbocycles. The minimum atomic E-state index is -1.11. The third-order valence-corrected chi connectivity index (χ3v) is 1.34. The average Bonchev–Trinajstić information content (AvgIpc) is 2.10. The Morgan fingerprint density at radius 3 is 2.69 bits per heavy atom. The second-order valence-corrected chi connectivity index (χ2v) is 2.46. The SMILES string of the molecule is C=CCOC(=O)CC[C@@H](N)C(=O)O. The van der Waals surface area contributed by atoms with E-state index in [0.29, 0.717) is 0 Å². The zero-order valence-electron chi connectivity index (χ0n) is 7.23. The van der Waals surface area contributed by atoms with E-state index in [0.717, 1.165) is 0 Å². The first-order valence-corrected chi connectivity index (χ1v) is 3.82. The van der Waals surface area contributed by atoms with E-state index in [-0.39, 0.29) is 19.4 Å². The van der Waals surface area contributed by atoms with Crippen molar-refractivity contribution in [3.63, 3.8) is 0 Å². The summed E-state index contributed by atoms with van der Waals surface area (Å²) in [7, 11) is 0. The van der Waals surface area contributed by atoms with Gasteiger partial charge in [-0.1, -0.05) is 12.7 Å². The molecule has 0 aliphatic rings. The summed E-state index contributed by atoms with van der Waals surface area (Å²) in [5.41, 5.74) is 5.17. The van der Waals surface area contributed by atoms with Crippen LogP contribution in [0.2, 0.25) is 0 Å². The van der Waals surface area contributed by atoms with Gasteiger partial charge in [0, 0.05) is 6.42 Å². The Bertz CT molecular complexity index is 202. The Morgan fingerprint density at radius 1 is 1.62 bits per heavy atom. The van der Waals surface area contributed by atoms with E-state index in [9.17, 15) is 9.59 Å². The fourth-order valence-electron chi connectivity index (χ4n) is 0.621. The van der Waals surface area contributed by atoms with Crippen molar-refractivity contribution >= 4 is 11.9 Å². The molecular formula is C8H13NO4. The van der Waals surface area contributed by atoms with Crippen LogP contribution in [0.25, 0.3) is 0 Å². The molecule has 0 aromatic heterocycles. The van der Waals surface area contributed by atoms with Crippen molar-refractivity contribution in [3.05, 3.63) is 12.7 Å². The van der Waals surface area contributed by atoms with Crippen LogP contribution in [0.1, 0.15) is 12.8 Å². The van der Waals surface area contributed by atoms with Gasteiger partial charge in [0.1, 0.15) is 12.6 Å². The molecule has 0 spiro atoms. The van der Waals surface area contributed by atoms with Gasteiger partial charge in [-0.15, -0.1) is 0 Å². The maximum absolute atomic E-state index is 10.8. The standard InChI is InChI=1S/C8H13NO4/c1-2-5-13-7(10)4-3-6(9)8(11)12/h2,6H,1,3-5,9H2,(H,11,12)/t6-/m1/s1. The molecule has 0 saturated carbocycles. The number of carboxylic acid groups (broad SMARTS) is 1. The summed E-state index contributed by atoms with van der Waals surface area (Å²) in [6.07, 6.45) is 1.54. The van der Waals surface area contributed by atoms with Crippen molar-refractivity contribution in [1.29, 1.82) is 0 Å². The molecule has 0 saturated heterocycles. The summed E-state index contributed by atoms with van der Waals surface area (Å²) < 4.78 is 4.62. The van der Waals surface area contributed by atoms with Gasteiger partial charge in [0.05, 0.1) is 0 Å². The predicted molar refractivity (Wildman–Crippen MR) is 46.0 cm³/mol. The molecule has 5 nitrogen and oxygen atoms in total. The van der Waals surface area contributed by atoms with Gasteiger partial charge >= 0.3 is 11.9 Å². The average molecular weight is 187 g/mol. The molecule has 0 aromatic rings. The third-order valence-electron chi connectivity index (χ3n) is 1.34. The van der Waals surface area contributed by atoms with E-state index in [1.807, 2.05) is 0 Å². The first-order chi connectivity index (χ1) is 6.07. The van der Waals surface area contributed by atoms with Crippen molar-refractivity contribution in [1.82, 2.24) is 0 Å². The molecule has 0 heterocycles. The summed E-state index contributed by atoms with van der Waals surface area (Å²) in [4.78, 5) is 21.0. The number of carbonyl (C=O) groups excluding carboxylic acids is 1. The van der Waals surface area contributed by atoms with Crippen LogP contribution in [0.4, 0.5) is 0 Å². The van der Waals surface area contributed by atoms with E-state index in [4.69, 9.17) is 10.8 Å². The third kappa shape index (κ3) is 5.86. The minimum Gasteiger partial charge on any atom is -0.480 e. The first kappa shape index (κ1) is 11.6. The van der Waals surface area contributed by atoms with Crippen molar-refractivity contribution in [3.8, 4) is 0 Å². The minimum absolute atomic E-state index is 0.0152. The maximum atomic E-state index is 10.8. The second-order valence-electron chi connectivity index (χ2n) is 2.46. The molecule has 0 aromatic carbocycles. The lowest BCUT2D eigenvalue weighted by Crippen LogP contribution is -2.30. The highest BCUT2D eigenvalue weighted by molar-refractivity contribution is 5.75. The van der Waals surface area contributed by atoms with Gasteiger partial charge in [-0.25, -0.2) is 0 Å². The van der Waals surface area contributed by atoms with E-state index >= 15 is 0 Å². The molecule has 0 unspecified atom stereocenters. The van der Waals surface area contributed by atoms with Crippen molar-refractivity contribution in [2.45, 2.75) is 18.9 Å². The van der Waals surface area contributed by atoms with Gasteiger partial charge in [0.25, 0.3) is 0 Å². The fourth-order valence-corrected chi connectivity index (χ4v) is 0.621. The van der Waals surface area contributed by atoms with Gasteiger partial charge in [-0.2, -0.15) is 0 Å². The first-order valence-electron chi connectivity index (χ1n) is 3.82. The van der Waals surface area contributed by atoms with Crippen LogP contribution in [0, 0.1) is 0 Å². The lowest BCUT2D eigenvalue weighted by Gasteiger charge is -2.05. The van der Waals surface area contributed by atoms with Crippen LogP contribution < -0.4 is 5.73 Å². The van der Waals surface area contributed by atoms with Gasteiger partial charge in [0.15, 0.2) is 0 Å². The number of aliphatic carboxylic acids is 1. The van der Waals surface area contributed by atoms with E-state index in [1.165, 1.54) is 6.08 Å². The molecule has 0 aliphatic heterocycles. The van der Waals surface area contributed by atoms with Gasteiger partial charge in [0.2, 0.25) is 0 Å². The number of hydrogen-bond donors (Lipinski definition) is 2. The zero-order chi connectivity index (χ0) is 10.3. The van der Waals surface area contributed by atoms with E-state index in [2.05, 4.69) is 11.3 Å². The summed E-state index contributed by atoms with van der Waals surface area (Å²) in [5.74, 6) is -1.58. The Hall–Kier alpha value is -1.36. The molecule has 0 amide bonds. The van der Waals surface area contributed by atoms with Crippen molar-refractivity contribution < 1.29 is 19.4 Å². The molecule has 13 heavy (non-hydrogen) atoms. The van der Waals surface area contributed by atoms with Crippen molar-refractivity contribution in [2.75, 3.05) is 6.61 Å². The molecule has 0 radical (unpaired) electrons. The smallest absolute Gasteiger partial charge is 0.320 e. The molecule has 0 bridgehead atoms. The van der Waals surface area contributed by atoms with Gasteiger partial charge in [-0.3, -0.25) is 9.59 Å². The largest absolute Gasteiger partial charge is 0.480 e. The fraction of sp³-hybridized carbons (Fsp3) is 0.500. The molecule has 1 atom stereocenters. The normalized spacial score (nSPS) is 11.8. The second kappa shape index (κ2) is 6.19. The van der Waals surface area contributed by atoms with Crippen LogP contribution in [0.5, 0.6) is 0 Å². The summed E-state index contributed by atoms with van der Waals surface area (Å²) in [5, 5.41) is 8.38. The summed E-state index contributed by atoms with van der Waals surface area (Å²) in [6.45, 7) is 3.50. The maximum Gasteiger partial charge on any atom is 0.320 e. The van der Waals surface area contributed by atoms with Crippen LogP contribution in [-0.2, 0) is 14.3 Å². The summed E-state index contributed by atoms with van der Waals surface area (Å²) in [6, 6.07) is -1.00. The lowest BCUT2D eigenvalue weighted by atomic mass is 10.2. The Morgan fingerprint density at radius 2 is 2.23 bits per heavy atom. The molecule has 0 fully saturated rings. The van der Waals surface area contributed by atoms with Crippen LogP contribution in [0.15, 0.2) is 12.7 Å². The topological polar surface area (TPSA) is 89.6 Å². The number of nitrogens with two attached hydrogens (primary N) is 1. The van der Waals surface area contributed by atoms with Crippen molar-refractivity contribution in [2.24, 2.45) is 5.73 Å². The number of ether oxygens (including phenoxy) is 1. The summed E-state index contributed by atoms with van der Waals surface area (Å²) >= 11 is 0. The predicted octanol–water partition coefficient (Wildman–Crippen LogP) is -0.0923. The molecule has 0 rings (SSSR count). The van der Waals surface area contributed by atoms with Gasteiger partial charge < -0.3 is 15.6 Å². The van der Waals surface area contributed by atoms with Crippen LogP contribution >= 0.6 is 0 Å². The van der Waals surface area contributed by atoms with E-state index < -0.39 is 18.0 Å². The quantitative estimate of drug-likeness (QED) is 0.448. The Kier molecular flexibility index (Phi) is 5.54. The van der Waals surface area contributed by atoms with Crippen LogP contribution in [0.3, 0.4) is 0 Å². The van der Waals surface area contributed by atoms with E-state index in [1.54, 1.807) is 0 Å². The number of carboxylic acids is 1. The highest BCUT2D eigenvalue weighted by Crippen LogP contribution is 1.97. The highest BCUT2D eigenvalue weighted by atomic mass is 16.5. The van der Waals surface area contributed by atoms with Crippen LogP contribution in [-0.4, -0.2) is 29.7 Å². The monoisotopic (exact) mass is 187 g/mol. The lowest BCUT2D eigenvalue weighted by molar-refractivity contribution is -0.143. The zero-order valence-corrected chi connectivity index (χ0v) is 7.23.